The maximum absolute atomic E-state index is 13.7. The maximum atomic E-state index is 13.7. The van der Waals surface area contributed by atoms with E-state index in [1.807, 2.05) is 42.5 Å². The predicted molar refractivity (Wildman–Crippen MR) is 160 cm³/mol. The summed E-state index contributed by atoms with van der Waals surface area (Å²) in [5.41, 5.74) is 1.54. The number of carbonyl (C=O) groups excluding carboxylic acids is 3. The van der Waals surface area contributed by atoms with Crippen LogP contribution < -0.4 is 10.6 Å². The topological polar surface area (TPSA) is 141 Å². The minimum atomic E-state index is -1.22. The number of hydrogen-bond acceptors (Lipinski definition) is 6. The zero-order valence-electron chi connectivity index (χ0n) is 24.9. The minimum absolute atomic E-state index is 0.156. The molecule has 2 atom stereocenters. The molecule has 1 aliphatic carbocycles. The summed E-state index contributed by atoms with van der Waals surface area (Å²) >= 11 is 0. The highest BCUT2D eigenvalue weighted by Crippen LogP contribution is 2.45. The SMILES string of the molecule is C[C@@H](NC(=O)C(=O)[C@H](CCCCNC(=O)N1CCOCC1)N(CC1(Cc2cccnc2)CCC1)C(=O)O)c1ccccc1. The standard InChI is InChI=1S/C32H43N5O6/c1-24(26-10-3-2-4-11-26)35-29(39)28(38)27(12-5-6-16-34-30(40)36-17-19-43-20-18-36)37(31(41)42)23-32(13-8-14-32)21-25-9-7-15-33-22-25/h2-4,7,9-11,15,22,24,27H,5-6,8,12-14,16-21,23H2,1H3,(H,34,40)(H,35,39)(H,41,42)/t24-,27+/m1/s1. The molecule has 4 amide bonds. The first-order valence-electron chi connectivity index (χ1n) is 15.2. The van der Waals surface area contributed by atoms with Crippen LogP contribution in [-0.2, 0) is 20.7 Å². The van der Waals surface area contributed by atoms with Crippen LogP contribution in [0.25, 0.3) is 0 Å². The summed E-state index contributed by atoms with van der Waals surface area (Å²) in [6.07, 6.45) is 6.73. The second-order valence-electron chi connectivity index (χ2n) is 11.6. The van der Waals surface area contributed by atoms with E-state index in [0.717, 1.165) is 30.4 Å². The molecule has 2 heterocycles. The van der Waals surface area contributed by atoms with Crippen molar-refractivity contribution in [2.75, 3.05) is 39.4 Å². The highest BCUT2D eigenvalue weighted by molar-refractivity contribution is 6.38. The number of pyridine rings is 1. The molecular formula is C32H43N5O6. The first-order chi connectivity index (χ1) is 20.8. The van der Waals surface area contributed by atoms with Crippen molar-refractivity contribution in [3.05, 3.63) is 66.0 Å². The quantitative estimate of drug-likeness (QED) is 0.224. The number of carboxylic acid groups (broad SMARTS) is 1. The fourth-order valence-corrected chi connectivity index (χ4v) is 5.88. The van der Waals surface area contributed by atoms with E-state index in [9.17, 15) is 24.3 Å². The largest absolute Gasteiger partial charge is 0.465 e. The molecule has 2 aromatic rings. The molecule has 0 unspecified atom stereocenters. The van der Waals surface area contributed by atoms with E-state index < -0.39 is 29.9 Å². The Kier molecular flexibility index (Phi) is 11.5. The lowest BCUT2D eigenvalue weighted by molar-refractivity contribution is -0.141. The Morgan fingerprint density at radius 3 is 2.44 bits per heavy atom. The lowest BCUT2D eigenvalue weighted by atomic mass is 9.65. The van der Waals surface area contributed by atoms with Crippen LogP contribution in [-0.4, -0.2) is 89.1 Å². The van der Waals surface area contributed by atoms with Gasteiger partial charge in [-0.15, -0.1) is 0 Å². The van der Waals surface area contributed by atoms with E-state index >= 15 is 0 Å². The Labute approximate surface area is 253 Å². The van der Waals surface area contributed by atoms with Crippen molar-refractivity contribution < 1.29 is 29.0 Å². The van der Waals surface area contributed by atoms with Gasteiger partial charge in [0.1, 0.15) is 6.04 Å². The highest BCUT2D eigenvalue weighted by Gasteiger charge is 2.43. The van der Waals surface area contributed by atoms with Crippen LogP contribution in [0.15, 0.2) is 54.9 Å². The van der Waals surface area contributed by atoms with Crippen molar-refractivity contribution >= 4 is 23.8 Å². The molecule has 232 valence electrons. The zero-order chi connectivity index (χ0) is 30.7. The van der Waals surface area contributed by atoms with Crippen molar-refractivity contribution in [3.63, 3.8) is 0 Å². The zero-order valence-corrected chi connectivity index (χ0v) is 24.9. The summed E-state index contributed by atoms with van der Waals surface area (Å²) < 4.78 is 5.29. The van der Waals surface area contributed by atoms with Crippen LogP contribution in [0.5, 0.6) is 0 Å². The Bertz CT molecular complexity index is 1220. The van der Waals surface area contributed by atoms with Crippen LogP contribution in [0.1, 0.15) is 62.6 Å². The summed E-state index contributed by atoms with van der Waals surface area (Å²) in [5, 5.41) is 16.0. The van der Waals surface area contributed by atoms with Gasteiger partial charge in [-0.1, -0.05) is 42.8 Å². The molecule has 4 rings (SSSR count). The second kappa shape index (κ2) is 15.5. The van der Waals surface area contributed by atoms with Gasteiger partial charge in [-0.05, 0) is 68.1 Å². The van der Waals surface area contributed by atoms with Gasteiger partial charge in [-0.3, -0.25) is 19.5 Å². The molecule has 0 bridgehead atoms. The number of rotatable bonds is 14. The number of benzene rings is 1. The number of hydrogen-bond donors (Lipinski definition) is 3. The Morgan fingerprint density at radius 2 is 1.81 bits per heavy atom. The van der Waals surface area contributed by atoms with Crippen molar-refractivity contribution in [1.82, 2.24) is 25.4 Å². The molecule has 3 N–H and O–H groups in total. The number of aromatic nitrogens is 1. The average Bonchev–Trinajstić information content (AvgIpc) is 3.01. The smallest absolute Gasteiger partial charge is 0.407 e. The number of nitrogens with zero attached hydrogens (tertiary/aromatic N) is 3. The van der Waals surface area contributed by atoms with Gasteiger partial charge in [0.05, 0.1) is 19.3 Å². The Hall–Kier alpha value is -3.99. The monoisotopic (exact) mass is 593 g/mol. The van der Waals surface area contributed by atoms with E-state index in [1.54, 1.807) is 24.2 Å². The first-order valence-corrected chi connectivity index (χ1v) is 15.2. The molecule has 1 aliphatic heterocycles. The summed E-state index contributed by atoms with van der Waals surface area (Å²) in [5.74, 6) is -1.57. The Morgan fingerprint density at radius 1 is 1.07 bits per heavy atom. The molecule has 11 heteroatoms. The summed E-state index contributed by atoms with van der Waals surface area (Å²) in [6.45, 7) is 4.42. The molecule has 2 aliphatic rings. The third-order valence-electron chi connectivity index (χ3n) is 8.50. The number of ketones is 1. The van der Waals surface area contributed by atoms with E-state index in [1.165, 1.54) is 4.90 Å². The van der Waals surface area contributed by atoms with Crippen LogP contribution in [0.2, 0.25) is 0 Å². The number of carbonyl (C=O) groups is 4. The maximum Gasteiger partial charge on any atom is 0.407 e. The fraction of sp³-hybridized carbons (Fsp3) is 0.531. The predicted octanol–water partition coefficient (Wildman–Crippen LogP) is 3.80. The van der Waals surface area contributed by atoms with Crippen molar-refractivity contribution in [3.8, 4) is 0 Å². The van der Waals surface area contributed by atoms with Crippen LogP contribution in [0, 0.1) is 5.41 Å². The number of amides is 4. The number of morpholine rings is 1. The van der Waals surface area contributed by atoms with Crippen LogP contribution >= 0.6 is 0 Å². The summed E-state index contributed by atoms with van der Waals surface area (Å²) in [7, 11) is 0. The van der Waals surface area contributed by atoms with Gasteiger partial charge in [-0.25, -0.2) is 9.59 Å². The van der Waals surface area contributed by atoms with E-state index in [-0.39, 0.29) is 24.4 Å². The third kappa shape index (κ3) is 9.00. The fourth-order valence-electron chi connectivity index (χ4n) is 5.88. The minimum Gasteiger partial charge on any atom is -0.465 e. The molecule has 11 nitrogen and oxygen atoms in total. The molecular weight excluding hydrogens is 550 g/mol. The van der Waals surface area contributed by atoms with Crippen molar-refractivity contribution in [2.24, 2.45) is 5.41 Å². The van der Waals surface area contributed by atoms with Gasteiger partial charge in [-0.2, -0.15) is 0 Å². The average molecular weight is 594 g/mol. The van der Waals surface area contributed by atoms with Crippen LogP contribution in [0.4, 0.5) is 9.59 Å². The van der Waals surface area contributed by atoms with Gasteiger partial charge in [0.2, 0.25) is 5.78 Å². The number of nitrogens with one attached hydrogen (secondary N) is 2. The van der Waals surface area contributed by atoms with E-state index in [4.69, 9.17) is 4.74 Å². The van der Waals surface area contributed by atoms with Gasteiger partial charge < -0.3 is 25.4 Å². The van der Waals surface area contributed by atoms with Crippen LogP contribution in [0.3, 0.4) is 0 Å². The summed E-state index contributed by atoms with van der Waals surface area (Å²) in [6, 6.07) is 11.4. The molecule has 1 saturated heterocycles. The van der Waals surface area contributed by atoms with Gasteiger partial charge in [0.15, 0.2) is 0 Å². The third-order valence-corrected chi connectivity index (χ3v) is 8.50. The highest BCUT2D eigenvalue weighted by atomic mass is 16.5. The van der Waals surface area contributed by atoms with E-state index in [2.05, 4.69) is 15.6 Å². The lowest BCUT2D eigenvalue weighted by Gasteiger charge is -2.46. The van der Waals surface area contributed by atoms with Crippen molar-refractivity contribution in [1.29, 1.82) is 0 Å². The molecule has 1 aromatic carbocycles. The molecule has 43 heavy (non-hydrogen) atoms. The Balaban J connectivity index is 1.44. The molecule has 0 radical (unpaired) electrons. The number of ether oxygens (including phenoxy) is 1. The second-order valence-corrected chi connectivity index (χ2v) is 11.6. The number of unbranched alkanes of at least 4 members (excludes halogenated alkanes) is 1. The van der Waals surface area contributed by atoms with Crippen molar-refractivity contribution in [2.45, 2.75) is 64.0 Å². The lowest BCUT2D eigenvalue weighted by Crippen LogP contribution is -2.55. The van der Waals surface area contributed by atoms with E-state index in [0.29, 0.717) is 52.1 Å². The summed E-state index contributed by atoms with van der Waals surface area (Å²) in [4.78, 5) is 59.1. The molecule has 1 saturated carbocycles. The normalized spacial score (nSPS) is 17.2. The van der Waals surface area contributed by atoms with Gasteiger partial charge >= 0.3 is 12.1 Å². The molecule has 0 spiro atoms. The van der Waals surface area contributed by atoms with Gasteiger partial charge in [0, 0.05) is 38.6 Å². The first kappa shape index (κ1) is 31.9. The van der Waals surface area contributed by atoms with Gasteiger partial charge in [0.25, 0.3) is 5.91 Å². The number of urea groups is 1. The number of Topliss-reactive ketones (excluding diaryl/α,β-unsaturated/α-hetero) is 1. The molecule has 2 fully saturated rings. The molecule has 1 aromatic heterocycles.